The number of nitrogens with one attached hydrogen (secondary N) is 1. The predicted octanol–water partition coefficient (Wildman–Crippen LogP) is 6.34. The van der Waals surface area contributed by atoms with E-state index < -0.39 is 28.5 Å². The van der Waals surface area contributed by atoms with E-state index in [0.29, 0.717) is 17.1 Å². The molecular weight excluding hydrogens is 593 g/mol. The SMILES string of the molecule is Cc1ccc(S(=O)(=O)N(CC(=O)N(Cc2cccc(Cl)c2)[C@H](C)C(=O)NCC(C)C)c2cccc(Cl)c2Cl)cc1. The lowest BCUT2D eigenvalue weighted by Gasteiger charge is -2.32. The molecule has 0 saturated carbocycles. The summed E-state index contributed by atoms with van der Waals surface area (Å²) in [4.78, 5) is 28.3. The highest BCUT2D eigenvalue weighted by Crippen LogP contribution is 2.35. The number of benzene rings is 3. The van der Waals surface area contributed by atoms with Crippen LogP contribution in [0.2, 0.25) is 15.1 Å². The third kappa shape index (κ3) is 7.91. The first-order valence-corrected chi connectivity index (χ1v) is 15.2. The van der Waals surface area contributed by atoms with E-state index >= 15 is 0 Å². The molecule has 7 nitrogen and oxygen atoms in total. The second-order valence-corrected chi connectivity index (χ2v) is 12.9. The molecule has 0 saturated heterocycles. The Balaban J connectivity index is 2.06. The lowest BCUT2D eigenvalue weighted by molar-refractivity contribution is -0.139. The van der Waals surface area contributed by atoms with Gasteiger partial charge in [-0.2, -0.15) is 0 Å². The van der Waals surface area contributed by atoms with Gasteiger partial charge in [0.1, 0.15) is 12.6 Å². The molecule has 1 atom stereocenters. The van der Waals surface area contributed by atoms with Gasteiger partial charge >= 0.3 is 0 Å². The van der Waals surface area contributed by atoms with Crippen LogP contribution in [0.1, 0.15) is 31.9 Å². The van der Waals surface area contributed by atoms with Crippen molar-refractivity contribution in [1.82, 2.24) is 10.2 Å². The maximum atomic E-state index is 14.0. The number of carbonyl (C=O) groups excluding carboxylic acids is 2. The number of anilines is 1. The van der Waals surface area contributed by atoms with Gasteiger partial charge in [-0.25, -0.2) is 8.42 Å². The summed E-state index contributed by atoms with van der Waals surface area (Å²) in [7, 11) is -4.26. The Morgan fingerprint density at radius 1 is 0.925 bits per heavy atom. The minimum Gasteiger partial charge on any atom is -0.354 e. The molecule has 214 valence electrons. The van der Waals surface area contributed by atoms with Gasteiger partial charge in [-0.05, 0) is 61.7 Å². The number of rotatable bonds is 11. The summed E-state index contributed by atoms with van der Waals surface area (Å²) in [6.45, 7) is 7.18. The van der Waals surface area contributed by atoms with Crippen molar-refractivity contribution < 1.29 is 18.0 Å². The van der Waals surface area contributed by atoms with Crippen molar-refractivity contribution in [2.75, 3.05) is 17.4 Å². The second-order valence-electron chi connectivity index (χ2n) is 9.86. The monoisotopic (exact) mass is 623 g/mol. The fourth-order valence-corrected chi connectivity index (χ4v) is 5.99. The molecule has 0 aliphatic carbocycles. The molecule has 3 rings (SSSR count). The summed E-state index contributed by atoms with van der Waals surface area (Å²) in [5, 5.41) is 3.43. The Hall–Kier alpha value is -2.78. The van der Waals surface area contributed by atoms with Crippen LogP contribution < -0.4 is 9.62 Å². The van der Waals surface area contributed by atoms with Crippen LogP contribution in [-0.4, -0.2) is 44.3 Å². The summed E-state index contributed by atoms with van der Waals surface area (Å²) in [6, 6.07) is 16.8. The van der Waals surface area contributed by atoms with E-state index in [2.05, 4.69) is 5.32 Å². The molecule has 1 N–H and O–H groups in total. The molecule has 0 heterocycles. The number of halogens is 3. The Morgan fingerprint density at radius 2 is 1.57 bits per heavy atom. The first kappa shape index (κ1) is 31.7. The summed E-state index contributed by atoms with van der Waals surface area (Å²) >= 11 is 18.9. The van der Waals surface area contributed by atoms with Crippen LogP contribution in [0.3, 0.4) is 0 Å². The Bertz CT molecular complexity index is 1460. The number of aryl methyl sites for hydroxylation is 1. The number of hydrogen-bond donors (Lipinski definition) is 1. The largest absolute Gasteiger partial charge is 0.354 e. The fraction of sp³-hybridized carbons (Fsp3) is 0.310. The molecular formula is C29H32Cl3N3O4S. The molecule has 3 aromatic rings. The van der Waals surface area contributed by atoms with Crippen LogP contribution in [0.4, 0.5) is 5.69 Å². The summed E-state index contributed by atoms with van der Waals surface area (Å²) in [6.07, 6.45) is 0. The molecule has 3 aromatic carbocycles. The highest BCUT2D eigenvalue weighted by Gasteiger charge is 2.33. The first-order valence-electron chi connectivity index (χ1n) is 12.7. The third-order valence-electron chi connectivity index (χ3n) is 6.18. The molecule has 0 unspecified atom stereocenters. The van der Waals surface area contributed by atoms with E-state index in [1.165, 1.54) is 29.2 Å². The molecule has 40 heavy (non-hydrogen) atoms. The van der Waals surface area contributed by atoms with Crippen molar-refractivity contribution in [3.05, 3.63) is 92.9 Å². The van der Waals surface area contributed by atoms with E-state index in [1.807, 2.05) is 20.8 Å². The van der Waals surface area contributed by atoms with Crippen LogP contribution in [0.5, 0.6) is 0 Å². The topological polar surface area (TPSA) is 86.8 Å². The summed E-state index contributed by atoms with van der Waals surface area (Å²) in [5.41, 5.74) is 1.59. The highest BCUT2D eigenvalue weighted by molar-refractivity contribution is 7.92. The van der Waals surface area contributed by atoms with E-state index in [0.717, 1.165) is 9.87 Å². The maximum Gasteiger partial charge on any atom is 0.264 e. The van der Waals surface area contributed by atoms with E-state index in [4.69, 9.17) is 34.8 Å². The van der Waals surface area contributed by atoms with Gasteiger partial charge in [-0.3, -0.25) is 13.9 Å². The van der Waals surface area contributed by atoms with Crippen molar-refractivity contribution in [3.8, 4) is 0 Å². The third-order valence-corrected chi connectivity index (χ3v) is 9.00. The predicted molar refractivity (Wildman–Crippen MR) is 161 cm³/mol. The Morgan fingerprint density at radius 3 is 2.20 bits per heavy atom. The zero-order chi connectivity index (χ0) is 29.6. The quantitative estimate of drug-likeness (QED) is 0.270. The van der Waals surface area contributed by atoms with Gasteiger partial charge in [-0.15, -0.1) is 0 Å². The van der Waals surface area contributed by atoms with Gasteiger partial charge in [0.15, 0.2) is 0 Å². The number of nitrogens with zero attached hydrogens (tertiary/aromatic N) is 2. The smallest absolute Gasteiger partial charge is 0.264 e. The maximum absolute atomic E-state index is 14.0. The Kier molecular flexibility index (Phi) is 10.9. The van der Waals surface area contributed by atoms with Crippen LogP contribution in [0.25, 0.3) is 0 Å². The standard InChI is InChI=1S/C29H32Cl3N3O4S/c1-19(2)16-33-29(37)21(4)34(17-22-7-5-8-23(30)15-22)27(36)18-35(26-10-6-9-25(31)28(26)32)40(38,39)24-13-11-20(3)12-14-24/h5-15,19,21H,16-18H2,1-4H3,(H,33,37)/t21-/m1/s1. The van der Waals surface area contributed by atoms with E-state index in [-0.39, 0.29) is 39.0 Å². The van der Waals surface area contributed by atoms with Crippen molar-refractivity contribution in [3.63, 3.8) is 0 Å². The molecule has 0 radical (unpaired) electrons. The van der Waals surface area contributed by atoms with Crippen molar-refractivity contribution in [2.24, 2.45) is 5.92 Å². The van der Waals surface area contributed by atoms with E-state index in [9.17, 15) is 18.0 Å². The molecule has 11 heteroatoms. The van der Waals surface area contributed by atoms with Crippen LogP contribution in [0, 0.1) is 12.8 Å². The average molecular weight is 625 g/mol. The molecule has 0 aliphatic rings. The van der Waals surface area contributed by atoms with Crippen molar-refractivity contribution >= 4 is 62.3 Å². The lowest BCUT2D eigenvalue weighted by atomic mass is 10.1. The summed E-state index contributed by atoms with van der Waals surface area (Å²) in [5.74, 6) is -0.773. The molecule has 0 fully saturated rings. The van der Waals surface area contributed by atoms with Crippen LogP contribution in [-0.2, 0) is 26.2 Å². The molecule has 2 amide bonds. The number of amides is 2. The average Bonchev–Trinajstić information content (AvgIpc) is 2.90. The fourth-order valence-electron chi connectivity index (χ4n) is 3.90. The first-order chi connectivity index (χ1) is 18.8. The zero-order valence-corrected chi connectivity index (χ0v) is 25.8. The van der Waals surface area contributed by atoms with Crippen LogP contribution in [0.15, 0.2) is 71.6 Å². The van der Waals surface area contributed by atoms with Gasteiger partial charge < -0.3 is 10.2 Å². The molecule has 0 spiro atoms. The Labute approximate surface area is 251 Å². The number of sulfonamides is 1. The minimum atomic E-state index is -4.26. The second kappa shape index (κ2) is 13.7. The molecule has 0 bridgehead atoms. The van der Waals surface area contributed by atoms with Crippen molar-refractivity contribution in [2.45, 2.75) is 45.2 Å². The van der Waals surface area contributed by atoms with Gasteiger partial charge in [0.25, 0.3) is 10.0 Å². The van der Waals surface area contributed by atoms with Gasteiger partial charge in [0.05, 0.1) is 20.6 Å². The van der Waals surface area contributed by atoms with Gasteiger partial charge in [0, 0.05) is 18.1 Å². The van der Waals surface area contributed by atoms with Crippen LogP contribution >= 0.6 is 34.8 Å². The normalized spacial score (nSPS) is 12.2. The van der Waals surface area contributed by atoms with Gasteiger partial charge in [-0.1, -0.05) is 84.5 Å². The van der Waals surface area contributed by atoms with Gasteiger partial charge in [0.2, 0.25) is 11.8 Å². The summed E-state index contributed by atoms with van der Waals surface area (Å²) < 4.78 is 28.7. The number of carbonyl (C=O) groups is 2. The zero-order valence-electron chi connectivity index (χ0n) is 22.7. The highest BCUT2D eigenvalue weighted by atomic mass is 35.5. The van der Waals surface area contributed by atoms with E-state index in [1.54, 1.807) is 49.4 Å². The van der Waals surface area contributed by atoms with Crippen molar-refractivity contribution in [1.29, 1.82) is 0 Å². The minimum absolute atomic E-state index is 0.0169. The molecule has 0 aromatic heterocycles. The molecule has 0 aliphatic heterocycles. The lowest BCUT2D eigenvalue weighted by Crippen LogP contribution is -2.51. The number of hydrogen-bond acceptors (Lipinski definition) is 4.